The molecule has 1 aromatic rings. The molecule has 2 unspecified atom stereocenters. The molecule has 0 bridgehead atoms. The van der Waals surface area contributed by atoms with Crippen LogP contribution in [0.3, 0.4) is 0 Å². The van der Waals surface area contributed by atoms with Crippen LogP contribution in [0, 0.1) is 5.92 Å². The Morgan fingerprint density at radius 2 is 1.93 bits per heavy atom. The molecule has 0 aliphatic heterocycles. The zero-order chi connectivity index (χ0) is 20.3. The van der Waals surface area contributed by atoms with E-state index in [2.05, 4.69) is 5.32 Å². The Morgan fingerprint density at radius 1 is 1.26 bits per heavy atom. The van der Waals surface area contributed by atoms with Crippen LogP contribution >= 0.6 is 7.60 Å². The zero-order valence-corrected chi connectivity index (χ0v) is 16.4. The minimum Gasteiger partial charge on any atom is -0.479 e. The molecule has 1 amide bonds. The summed E-state index contributed by atoms with van der Waals surface area (Å²) in [4.78, 5) is 33.1. The lowest BCUT2D eigenvalue weighted by atomic mass is 10.1. The number of carbonyl (C=O) groups excluding carboxylic acids is 1. The van der Waals surface area contributed by atoms with Crippen LogP contribution in [-0.4, -0.2) is 47.2 Å². The van der Waals surface area contributed by atoms with Crippen molar-refractivity contribution in [1.29, 1.82) is 0 Å². The number of rotatable bonds is 13. The van der Waals surface area contributed by atoms with Crippen LogP contribution in [0.4, 0.5) is 0 Å². The van der Waals surface area contributed by atoms with Gasteiger partial charge in [0.2, 0.25) is 5.91 Å². The maximum atomic E-state index is 12.2. The third-order valence-corrected chi connectivity index (χ3v) is 5.55. The molecule has 5 N–H and O–H groups in total. The normalized spacial score (nSPS) is 15.5. The van der Waals surface area contributed by atoms with E-state index in [4.69, 9.17) is 15.4 Å². The van der Waals surface area contributed by atoms with Gasteiger partial charge in [0.1, 0.15) is 0 Å². The van der Waals surface area contributed by atoms with E-state index >= 15 is 0 Å². The van der Waals surface area contributed by atoms with Gasteiger partial charge in [0.15, 0.2) is 6.10 Å². The van der Waals surface area contributed by atoms with E-state index in [9.17, 15) is 19.0 Å². The fourth-order valence-corrected chi connectivity index (χ4v) is 4.12. The van der Waals surface area contributed by atoms with Gasteiger partial charge in [0, 0.05) is 6.54 Å². The van der Waals surface area contributed by atoms with Crippen molar-refractivity contribution in [3.05, 3.63) is 35.9 Å². The largest absolute Gasteiger partial charge is 0.479 e. The average molecular weight is 400 g/mol. The second kappa shape index (κ2) is 11.9. The number of carboxylic acids is 1. The molecule has 0 radical (unpaired) electrons. The quantitative estimate of drug-likeness (QED) is 0.292. The molecule has 0 aliphatic carbocycles. The molecule has 1 rings (SSSR count). The van der Waals surface area contributed by atoms with E-state index in [0.717, 1.165) is 5.56 Å². The summed E-state index contributed by atoms with van der Waals surface area (Å²) < 4.78 is 17.2. The Balaban J connectivity index is 2.43. The van der Waals surface area contributed by atoms with Gasteiger partial charge in [-0.1, -0.05) is 37.3 Å². The summed E-state index contributed by atoms with van der Waals surface area (Å²) in [5.41, 5.74) is 6.24. The molecule has 152 valence electrons. The van der Waals surface area contributed by atoms with Gasteiger partial charge in [-0.05, 0) is 37.3 Å². The van der Waals surface area contributed by atoms with E-state index in [0.29, 0.717) is 19.4 Å². The second-order valence-corrected chi connectivity index (χ2v) is 8.46. The van der Waals surface area contributed by atoms with E-state index < -0.39 is 19.7 Å². The van der Waals surface area contributed by atoms with Gasteiger partial charge >= 0.3 is 13.6 Å². The molecule has 0 spiro atoms. The van der Waals surface area contributed by atoms with Crippen molar-refractivity contribution in [3.63, 3.8) is 0 Å². The molecule has 0 saturated heterocycles. The van der Waals surface area contributed by atoms with E-state index in [-0.39, 0.29) is 37.4 Å². The number of aliphatic carboxylic acids is 1. The average Bonchev–Trinajstić information content (AvgIpc) is 2.59. The molecule has 0 saturated carbocycles. The molecule has 0 aliphatic rings. The van der Waals surface area contributed by atoms with Crippen molar-refractivity contribution < 1.29 is 28.7 Å². The summed E-state index contributed by atoms with van der Waals surface area (Å²) in [5, 5.41) is 11.9. The molecule has 0 aromatic heterocycles. The highest BCUT2D eigenvalue weighted by molar-refractivity contribution is 7.52. The summed E-state index contributed by atoms with van der Waals surface area (Å²) in [6, 6.07) is 9.24. The van der Waals surface area contributed by atoms with Gasteiger partial charge in [0.05, 0.1) is 12.6 Å². The van der Waals surface area contributed by atoms with E-state index in [1.807, 2.05) is 30.3 Å². The number of nitrogens with two attached hydrogens (primary N) is 1. The summed E-state index contributed by atoms with van der Waals surface area (Å²) >= 11 is 0. The van der Waals surface area contributed by atoms with E-state index in [1.54, 1.807) is 6.92 Å². The number of hydrogen-bond acceptors (Lipinski definition) is 5. The highest BCUT2D eigenvalue weighted by Crippen LogP contribution is 2.45. The van der Waals surface area contributed by atoms with Crippen molar-refractivity contribution in [2.24, 2.45) is 11.7 Å². The first kappa shape index (κ1) is 23.3. The van der Waals surface area contributed by atoms with Gasteiger partial charge in [-0.2, -0.15) is 0 Å². The zero-order valence-electron chi connectivity index (χ0n) is 15.5. The smallest absolute Gasteiger partial charge is 0.333 e. The number of carboxylic acid groups (broad SMARTS) is 1. The maximum absolute atomic E-state index is 12.2. The standard InChI is InChI=1S/C18H29N2O6P/c1-14(12-20-17(21)11-15-7-3-2-4-8-15)13-27(24,25)26-16(18(22)23)9-5-6-10-19/h2-4,7-8,14,16H,5-6,9-13,19H2,1H3,(H,20,21)(H,22,23)(H,24,25)/t14?,16-/m0/s1. The van der Waals surface area contributed by atoms with Gasteiger partial charge in [-0.3, -0.25) is 13.9 Å². The lowest BCUT2D eigenvalue weighted by Gasteiger charge is -2.21. The van der Waals surface area contributed by atoms with Crippen LogP contribution in [0.5, 0.6) is 0 Å². The predicted molar refractivity (Wildman–Crippen MR) is 102 cm³/mol. The Hall–Kier alpha value is -1.73. The first-order valence-electron chi connectivity index (χ1n) is 8.97. The van der Waals surface area contributed by atoms with Crippen LogP contribution < -0.4 is 11.1 Å². The first-order chi connectivity index (χ1) is 12.7. The van der Waals surface area contributed by atoms with Crippen LogP contribution in [-0.2, 0) is 25.1 Å². The summed E-state index contributed by atoms with van der Waals surface area (Å²) in [7, 11) is -4.10. The Morgan fingerprint density at radius 3 is 2.52 bits per heavy atom. The molecule has 0 fully saturated rings. The van der Waals surface area contributed by atoms with Crippen molar-refractivity contribution in [2.75, 3.05) is 19.3 Å². The third-order valence-electron chi connectivity index (χ3n) is 3.89. The van der Waals surface area contributed by atoms with E-state index in [1.165, 1.54) is 0 Å². The SMILES string of the molecule is CC(CNC(=O)Cc1ccccc1)CP(=O)(O)O[C@@H](CCCCN)C(=O)O. The minimum atomic E-state index is -4.10. The topological polar surface area (TPSA) is 139 Å². The lowest BCUT2D eigenvalue weighted by Crippen LogP contribution is -2.31. The molecular weight excluding hydrogens is 371 g/mol. The number of unbranched alkanes of at least 4 members (excludes halogenated alkanes) is 1. The molecule has 1 aromatic carbocycles. The summed E-state index contributed by atoms with van der Waals surface area (Å²) in [6.45, 7) is 2.31. The van der Waals surface area contributed by atoms with Crippen LogP contribution in [0.2, 0.25) is 0 Å². The third kappa shape index (κ3) is 10.2. The maximum Gasteiger partial charge on any atom is 0.333 e. The molecule has 3 atom stereocenters. The molecule has 27 heavy (non-hydrogen) atoms. The Labute approximate surface area is 159 Å². The monoisotopic (exact) mass is 400 g/mol. The van der Waals surface area contributed by atoms with Gasteiger partial charge in [-0.25, -0.2) is 4.79 Å². The van der Waals surface area contributed by atoms with Crippen molar-refractivity contribution in [2.45, 2.75) is 38.7 Å². The highest BCUT2D eigenvalue weighted by Gasteiger charge is 2.30. The number of carbonyl (C=O) groups is 2. The van der Waals surface area contributed by atoms with Gasteiger partial charge in [-0.15, -0.1) is 0 Å². The predicted octanol–water partition coefficient (Wildman–Crippen LogP) is 1.77. The minimum absolute atomic E-state index is 0.124. The Kier molecular flexibility index (Phi) is 10.3. The van der Waals surface area contributed by atoms with Gasteiger partial charge in [0.25, 0.3) is 0 Å². The lowest BCUT2D eigenvalue weighted by molar-refractivity contribution is -0.145. The number of hydrogen-bond donors (Lipinski definition) is 4. The first-order valence-corrected chi connectivity index (χ1v) is 10.7. The number of amides is 1. The van der Waals surface area contributed by atoms with Crippen LogP contribution in [0.25, 0.3) is 0 Å². The van der Waals surface area contributed by atoms with Crippen molar-refractivity contribution in [3.8, 4) is 0 Å². The summed E-state index contributed by atoms with van der Waals surface area (Å²) in [5.74, 6) is -1.81. The molecule has 9 heteroatoms. The molecular formula is C18H29N2O6P. The fourth-order valence-electron chi connectivity index (χ4n) is 2.53. The molecule has 8 nitrogen and oxygen atoms in total. The second-order valence-electron chi connectivity index (χ2n) is 6.61. The van der Waals surface area contributed by atoms with Crippen LogP contribution in [0.15, 0.2) is 30.3 Å². The number of nitrogens with one attached hydrogen (secondary N) is 1. The molecule has 0 heterocycles. The number of benzene rings is 1. The summed E-state index contributed by atoms with van der Waals surface area (Å²) in [6.07, 6.45) is -0.111. The van der Waals surface area contributed by atoms with Crippen LogP contribution in [0.1, 0.15) is 31.7 Å². The highest BCUT2D eigenvalue weighted by atomic mass is 31.2. The van der Waals surface area contributed by atoms with Crippen molar-refractivity contribution in [1.82, 2.24) is 5.32 Å². The van der Waals surface area contributed by atoms with Crippen molar-refractivity contribution >= 4 is 19.5 Å². The fraction of sp³-hybridized carbons (Fsp3) is 0.556. The Bertz CT molecular complexity index is 640. The van der Waals surface area contributed by atoms with Gasteiger partial charge < -0.3 is 21.1 Å².